The quantitative estimate of drug-likeness (QED) is 0.466. The predicted molar refractivity (Wildman–Crippen MR) is 105 cm³/mol. The minimum atomic E-state index is -2.42. The zero-order chi connectivity index (χ0) is 23.2. The number of aliphatic hydroxyl groups is 1. The van der Waals surface area contributed by atoms with E-state index in [2.05, 4.69) is 25.3 Å². The summed E-state index contributed by atoms with van der Waals surface area (Å²) in [5.74, 6) is -5.33. The van der Waals surface area contributed by atoms with Gasteiger partial charge in [0.2, 0.25) is 0 Å². The molecule has 33 heavy (non-hydrogen) atoms. The number of aromatic amines is 1. The maximum atomic E-state index is 12.9. The zero-order valence-corrected chi connectivity index (χ0v) is 17.1. The maximum absolute atomic E-state index is 12.9. The van der Waals surface area contributed by atoms with Crippen molar-refractivity contribution in [2.24, 2.45) is 0 Å². The van der Waals surface area contributed by atoms with Crippen LogP contribution in [0.25, 0.3) is 11.2 Å². The summed E-state index contributed by atoms with van der Waals surface area (Å²) in [6.45, 7) is 1.04. The molecule has 2 fully saturated rings. The standard InChI is InChI=1S/C19H18N6O8/c26-10-4-19(30)5-11(27)32-17(33-18(19)29)13(31-10)16(28)24-9-2-1-3-25(6-9)15-12-14(21-7-20-12)22-8-23-15/h7-9,30H,1-6H2,(H,24,28)(H,20,21,22,23)/b17-13-/t9-,19?/m1/s1. The van der Waals surface area contributed by atoms with Crippen molar-refractivity contribution >= 4 is 40.8 Å². The van der Waals surface area contributed by atoms with E-state index in [-0.39, 0.29) is 0 Å². The van der Waals surface area contributed by atoms with E-state index in [1.165, 1.54) is 12.7 Å². The minimum Gasteiger partial charge on any atom is -0.413 e. The number of fused-ring (bicyclic) bond motifs is 4. The van der Waals surface area contributed by atoms with Gasteiger partial charge in [-0.15, -0.1) is 0 Å². The van der Waals surface area contributed by atoms with Crippen LogP contribution in [0.1, 0.15) is 25.7 Å². The zero-order valence-electron chi connectivity index (χ0n) is 17.1. The molecule has 0 aliphatic carbocycles. The van der Waals surface area contributed by atoms with Gasteiger partial charge in [-0.2, -0.15) is 0 Å². The summed E-state index contributed by atoms with van der Waals surface area (Å²) in [4.78, 5) is 66.8. The summed E-state index contributed by atoms with van der Waals surface area (Å²) in [7, 11) is 0. The van der Waals surface area contributed by atoms with Crippen LogP contribution in [0.4, 0.5) is 5.82 Å². The molecule has 5 rings (SSSR count). The van der Waals surface area contributed by atoms with Gasteiger partial charge in [0, 0.05) is 19.1 Å². The number of nitrogens with zero attached hydrogens (tertiary/aromatic N) is 4. The topological polar surface area (TPSA) is 186 Å². The number of imidazole rings is 1. The fourth-order valence-electron chi connectivity index (χ4n) is 3.98. The number of carbonyl (C=O) groups excluding carboxylic acids is 4. The lowest BCUT2D eigenvalue weighted by Crippen LogP contribution is -2.49. The first-order valence-electron chi connectivity index (χ1n) is 10.1. The first kappa shape index (κ1) is 20.8. The van der Waals surface area contributed by atoms with Crippen molar-refractivity contribution in [3.63, 3.8) is 0 Å². The molecule has 5 heterocycles. The molecule has 2 bridgehead atoms. The van der Waals surface area contributed by atoms with E-state index in [1.54, 1.807) is 0 Å². The van der Waals surface area contributed by atoms with Gasteiger partial charge in [-0.05, 0) is 12.8 Å². The summed E-state index contributed by atoms with van der Waals surface area (Å²) < 4.78 is 14.7. The minimum absolute atomic E-state index is 0.368. The van der Waals surface area contributed by atoms with Gasteiger partial charge >= 0.3 is 23.9 Å². The first-order chi connectivity index (χ1) is 15.8. The number of hydrogen-bond acceptors (Lipinski definition) is 12. The second-order valence-corrected chi connectivity index (χ2v) is 7.90. The molecule has 1 amide bonds. The Balaban J connectivity index is 1.37. The van der Waals surface area contributed by atoms with Crippen molar-refractivity contribution in [3.05, 3.63) is 24.4 Å². The summed E-state index contributed by atoms with van der Waals surface area (Å²) in [5, 5.41) is 13.0. The van der Waals surface area contributed by atoms with Crippen LogP contribution in [0, 0.1) is 0 Å². The molecule has 3 aliphatic heterocycles. The van der Waals surface area contributed by atoms with Gasteiger partial charge < -0.3 is 34.5 Å². The third-order valence-electron chi connectivity index (χ3n) is 5.51. The second-order valence-electron chi connectivity index (χ2n) is 7.90. The number of cyclic esters (lactones) is 1. The van der Waals surface area contributed by atoms with E-state index >= 15 is 0 Å². The molecule has 2 aromatic rings. The number of hydrogen-bond donors (Lipinski definition) is 3. The van der Waals surface area contributed by atoms with Gasteiger partial charge in [-0.1, -0.05) is 0 Å². The molecule has 14 heteroatoms. The number of amides is 1. The lowest BCUT2D eigenvalue weighted by molar-refractivity contribution is -0.172. The molecule has 2 saturated heterocycles. The number of rotatable bonds is 3. The normalized spacial score (nSPS) is 27.8. The van der Waals surface area contributed by atoms with E-state index in [4.69, 9.17) is 14.2 Å². The molecule has 3 aliphatic rings. The number of piperidine rings is 1. The van der Waals surface area contributed by atoms with Gasteiger partial charge in [-0.3, -0.25) is 14.4 Å². The van der Waals surface area contributed by atoms with Crippen molar-refractivity contribution in [3.8, 4) is 0 Å². The number of nitrogens with one attached hydrogen (secondary N) is 2. The highest BCUT2D eigenvalue weighted by atomic mass is 16.7. The molecule has 2 atom stereocenters. The molecule has 3 N–H and O–H groups in total. The summed E-state index contributed by atoms with van der Waals surface area (Å²) >= 11 is 0. The average molecular weight is 458 g/mol. The molecule has 0 saturated carbocycles. The highest BCUT2D eigenvalue weighted by Crippen LogP contribution is 2.30. The Kier molecular flexibility index (Phi) is 4.92. The number of H-pyrrole nitrogens is 1. The smallest absolute Gasteiger partial charge is 0.347 e. The number of ether oxygens (including phenoxy) is 3. The SMILES string of the molecule is O=C1CC2(O)CC(=O)O/C(C(=O)N[C@@H]3CCCN(c4ncnc5nc[nH]c45)C3)=C(/O1)OC2=O. The average Bonchev–Trinajstić information content (AvgIpc) is 3.22. The fraction of sp³-hybridized carbons (Fsp3) is 0.421. The highest BCUT2D eigenvalue weighted by molar-refractivity contribution is 5.99. The largest absolute Gasteiger partial charge is 0.413 e. The highest BCUT2D eigenvalue weighted by Gasteiger charge is 2.50. The lowest BCUT2D eigenvalue weighted by Gasteiger charge is -2.34. The fourth-order valence-corrected chi connectivity index (χ4v) is 3.98. The molecule has 1 unspecified atom stereocenters. The molecule has 172 valence electrons. The van der Waals surface area contributed by atoms with E-state index < -0.39 is 60.0 Å². The molecule has 0 spiro atoms. The van der Waals surface area contributed by atoms with Crippen molar-refractivity contribution in [1.82, 2.24) is 25.3 Å². The molecular weight excluding hydrogens is 440 g/mol. The molecule has 14 nitrogen and oxygen atoms in total. The summed E-state index contributed by atoms with van der Waals surface area (Å²) in [6.07, 6.45) is 2.56. The first-order valence-corrected chi connectivity index (χ1v) is 10.1. The predicted octanol–water partition coefficient (Wildman–Crippen LogP) is -1.22. The number of aromatic nitrogens is 4. The van der Waals surface area contributed by atoms with Gasteiger partial charge in [0.05, 0.1) is 19.2 Å². The van der Waals surface area contributed by atoms with Crippen LogP contribution < -0.4 is 10.2 Å². The number of carbonyl (C=O) groups is 4. The van der Waals surface area contributed by atoms with Gasteiger partial charge in [0.15, 0.2) is 17.1 Å². The lowest BCUT2D eigenvalue weighted by atomic mass is 9.96. The van der Waals surface area contributed by atoms with Crippen molar-refractivity contribution in [1.29, 1.82) is 0 Å². The third-order valence-corrected chi connectivity index (χ3v) is 5.51. The molecule has 0 aromatic carbocycles. The van der Waals surface area contributed by atoms with Crippen LogP contribution in [-0.2, 0) is 33.4 Å². The van der Waals surface area contributed by atoms with E-state index in [1.807, 2.05) is 4.90 Å². The molecular formula is C19H18N6O8. The Morgan fingerprint density at radius 2 is 1.94 bits per heavy atom. The van der Waals surface area contributed by atoms with E-state index in [9.17, 15) is 24.3 Å². The Bertz CT molecular complexity index is 1210. The van der Waals surface area contributed by atoms with Crippen molar-refractivity contribution in [2.75, 3.05) is 18.0 Å². The molecule has 2 aromatic heterocycles. The van der Waals surface area contributed by atoms with Crippen LogP contribution in [0.5, 0.6) is 0 Å². The van der Waals surface area contributed by atoms with Gasteiger partial charge in [-0.25, -0.2) is 19.7 Å². The van der Waals surface area contributed by atoms with Crippen LogP contribution >= 0.6 is 0 Å². The number of esters is 3. The Morgan fingerprint density at radius 1 is 1.15 bits per heavy atom. The summed E-state index contributed by atoms with van der Waals surface area (Å²) in [5.41, 5.74) is -1.25. The Morgan fingerprint density at radius 3 is 2.76 bits per heavy atom. The van der Waals surface area contributed by atoms with Crippen LogP contribution in [0.15, 0.2) is 24.4 Å². The Labute approximate surface area is 184 Å². The van der Waals surface area contributed by atoms with Gasteiger partial charge in [0.25, 0.3) is 11.7 Å². The van der Waals surface area contributed by atoms with Crippen LogP contribution in [-0.4, -0.2) is 73.6 Å². The van der Waals surface area contributed by atoms with E-state index in [0.717, 1.165) is 0 Å². The van der Waals surface area contributed by atoms with Crippen LogP contribution in [0.2, 0.25) is 0 Å². The summed E-state index contributed by atoms with van der Waals surface area (Å²) in [6, 6.07) is -0.398. The Hall–Kier alpha value is -4.07. The van der Waals surface area contributed by atoms with Crippen molar-refractivity contribution < 1.29 is 38.5 Å². The number of anilines is 1. The van der Waals surface area contributed by atoms with Gasteiger partial charge in [0.1, 0.15) is 11.8 Å². The van der Waals surface area contributed by atoms with Crippen molar-refractivity contribution in [2.45, 2.75) is 37.3 Å². The monoisotopic (exact) mass is 458 g/mol. The second kappa shape index (κ2) is 7.81. The van der Waals surface area contributed by atoms with E-state index in [0.29, 0.717) is 42.9 Å². The third kappa shape index (κ3) is 3.84. The maximum Gasteiger partial charge on any atom is 0.347 e. The molecule has 0 radical (unpaired) electrons. The van der Waals surface area contributed by atoms with Crippen LogP contribution in [0.3, 0.4) is 0 Å².